The van der Waals surface area contributed by atoms with Crippen LogP contribution >= 0.6 is 0 Å². The second kappa shape index (κ2) is 14.6. The molecule has 8 aromatic carbocycles. The van der Waals surface area contributed by atoms with Gasteiger partial charge in [-0.05, 0) is 88.0 Å². The molecule has 10 rings (SSSR count). The maximum Gasteiger partial charge on any atom is 0.164 e. The topological polar surface area (TPSA) is 71.7 Å². The van der Waals surface area contributed by atoms with Gasteiger partial charge in [0.2, 0.25) is 0 Å². The first-order valence-corrected chi connectivity index (χ1v) is 19.2. The molecule has 0 fully saturated rings. The lowest BCUT2D eigenvalue weighted by Crippen LogP contribution is -2.34. The van der Waals surface area contributed by atoms with Crippen molar-refractivity contribution in [3.05, 3.63) is 234 Å². The predicted molar refractivity (Wildman–Crippen MR) is 230 cm³/mol. The number of hydrogen-bond acceptors (Lipinski definition) is 5. The average Bonchev–Trinajstić information content (AvgIpc) is 3.31. The summed E-state index contributed by atoms with van der Waals surface area (Å²) in [6.45, 7) is 0. The minimum Gasteiger partial charge on any atom is -0.457 e. The smallest absolute Gasteiger partial charge is 0.164 e. The zero-order valence-corrected chi connectivity index (χ0v) is 31.3. The fourth-order valence-corrected chi connectivity index (χ4v) is 8.15. The monoisotopic (exact) mass is 742 g/mol. The molecule has 0 radical (unpaired) electrons. The Morgan fingerprint density at radius 2 is 0.810 bits per heavy atom. The van der Waals surface area contributed by atoms with Crippen LogP contribution in [-0.4, -0.2) is 15.0 Å². The number of rotatable bonds is 7. The number of nitriles is 1. The van der Waals surface area contributed by atoms with Gasteiger partial charge in [0.15, 0.2) is 17.5 Å². The molecule has 0 saturated heterocycles. The van der Waals surface area contributed by atoms with Gasteiger partial charge in [0.25, 0.3) is 0 Å². The summed E-state index contributed by atoms with van der Waals surface area (Å²) in [6, 6.07) is 72.8. The summed E-state index contributed by atoms with van der Waals surface area (Å²) in [5.41, 5.74) is 11.2. The Balaban J connectivity index is 1.13. The lowest BCUT2D eigenvalue weighted by molar-refractivity contribution is 0.434. The van der Waals surface area contributed by atoms with E-state index in [-0.39, 0.29) is 0 Å². The maximum atomic E-state index is 9.48. The van der Waals surface area contributed by atoms with Crippen molar-refractivity contribution in [1.29, 1.82) is 5.26 Å². The van der Waals surface area contributed by atoms with E-state index in [1.807, 2.05) is 54.6 Å². The standard InChI is InChI=1S/C53H34N4O/c54-35-36-26-28-38(29-27-36)50-55-51(42-18-12-16-39(32-42)37-14-4-1-5-15-37)57-52(56-50)43-19-13-17-40(33-43)41-30-31-49-47(34-41)53(44-20-6-2-7-21-44,45-22-8-3-9-23-45)46-24-10-11-25-48(46)58-49/h1-34H. The summed E-state index contributed by atoms with van der Waals surface area (Å²) in [4.78, 5) is 15.1. The summed E-state index contributed by atoms with van der Waals surface area (Å²) in [5, 5.41) is 9.48. The van der Waals surface area contributed by atoms with Crippen molar-refractivity contribution in [2.45, 2.75) is 5.41 Å². The molecule has 1 aromatic heterocycles. The second-order valence-electron chi connectivity index (χ2n) is 14.3. The van der Waals surface area contributed by atoms with Gasteiger partial charge < -0.3 is 4.74 Å². The van der Waals surface area contributed by atoms with Crippen LogP contribution in [0.15, 0.2) is 206 Å². The number of ether oxygens (including phenoxy) is 1. The Labute approximate surface area is 337 Å². The zero-order chi connectivity index (χ0) is 38.9. The van der Waals surface area contributed by atoms with Crippen molar-refractivity contribution < 1.29 is 4.74 Å². The molecule has 2 heterocycles. The van der Waals surface area contributed by atoms with E-state index in [9.17, 15) is 5.26 Å². The van der Waals surface area contributed by atoms with E-state index in [1.54, 1.807) is 12.1 Å². The van der Waals surface area contributed by atoms with E-state index < -0.39 is 5.41 Å². The Kier molecular flexibility index (Phi) is 8.70. The molecular weight excluding hydrogens is 709 g/mol. The summed E-state index contributed by atoms with van der Waals surface area (Å²) in [6.07, 6.45) is 0. The number of benzene rings is 8. The molecule has 0 aliphatic carbocycles. The molecule has 58 heavy (non-hydrogen) atoms. The van der Waals surface area contributed by atoms with Gasteiger partial charge in [-0.3, -0.25) is 0 Å². The molecule has 0 spiro atoms. The van der Waals surface area contributed by atoms with Gasteiger partial charge in [0.1, 0.15) is 11.5 Å². The Morgan fingerprint density at radius 1 is 0.362 bits per heavy atom. The summed E-state index contributed by atoms with van der Waals surface area (Å²) in [7, 11) is 0. The summed E-state index contributed by atoms with van der Waals surface area (Å²) >= 11 is 0. The number of hydrogen-bond donors (Lipinski definition) is 0. The molecule has 0 bridgehead atoms. The van der Waals surface area contributed by atoms with Gasteiger partial charge in [-0.25, -0.2) is 15.0 Å². The van der Waals surface area contributed by atoms with Gasteiger partial charge in [-0.2, -0.15) is 5.26 Å². The van der Waals surface area contributed by atoms with E-state index in [0.29, 0.717) is 23.0 Å². The van der Waals surface area contributed by atoms with E-state index in [0.717, 1.165) is 72.7 Å². The third-order valence-corrected chi connectivity index (χ3v) is 10.9. The molecule has 1 aliphatic rings. The molecule has 0 atom stereocenters. The van der Waals surface area contributed by atoms with Crippen molar-refractivity contribution in [2.24, 2.45) is 0 Å². The van der Waals surface area contributed by atoms with Crippen LogP contribution in [0.2, 0.25) is 0 Å². The fourth-order valence-electron chi connectivity index (χ4n) is 8.15. The van der Waals surface area contributed by atoms with Crippen molar-refractivity contribution in [3.8, 4) is 74.0 Å². The minimum atomic E-state index is -0.631. The van der Waals surface area contributed by atoms with Crippen LogP contribution in [0.4, 0.5) is 0 Å². The minimum absolute atomic E-state index is 0.528. The third-order valence-electron chi connectivity index (χ3n) is 10.9. The molecular formula is C53H34N4O. The lowest BCUT2D eigenvalue weighted by atomic mass is 9.63. The van der Waals surface area contributed by atoms with Gasteiger partial charge >= 0.3 is 0 Å². The molecule has 5 heteroatoms. The van der Waals surface area contributed by atoms with Crippen LogP contribution in [0.3, 0.4) is 0 Å². The van der Waals surface area contributed by atoms with Crippen LogP contribution in [0, 0.1) is 11.3 Å². The number of fused-ring (bicyclic) bond motifs is 2. The van der Waals surface area contributed by atoms with E-state index in [1.165, 1.54) is 0 Å². The first kappa shape index (κ1) is 34.5. The highest BCUT2D eigenvalue weighted by Gasteiger charge is 2.45. The molecule has 0 saturated carbocycles. The van der Waals surface area contributed by atoms with Crippen LogP contribution in [-0.2, 0) is 5.41 Å². The van der Waals surface area contributed by atoms with Gasteiger partial charge in [-0.15, -0.1) is 0 Å². The van der Waals surface area contributed by atoms with Crippen LogP contribution in [0.5, 0.6) is 11.5 Å². The summed E-state index contributed by atoms with van der Waals surface area (Å²) < 4.78 is 6.68. The molecule has 0 unspecified atom stereocenters. The Hall–Kier alpha value is -7.94. The Morgan fingerprint density at radius 3 is 1.41 bits per heavy atom. The predicted octanol–water partition coefficient (Wildman–Crippen LogP) is 12.6. The highest BCUT2D eigenvalue weighted by molar-refractivity contribution is 5.78. The van der Waals surface area contributed by atoms with Gasteiger partial charge in [-0.1, -0.05) is 152 Å². The SMILES string of the molecule is N#Cc1ccc(-c2nc(-c3cccc(-c4ccccc4)c3)nc(-c3cccc(-c4ccc5c(c4)C(c4ccccc4)(c4ccccc4)c4ccccc4O5)c3)n2)cc1. The molecule has 0 amide bonds. The number of aromatic nitrogens is 3. The molecule has 272 valence electrons. The van der Waals surface area contributed by atoms with E-state index >= 15 is 0 Å². The normalized spacial score (nSPS) is 12.4. The van der Waals surface area contributed by atoms with Crippen molar-refractivity contribution in [2.75, 3.05) is 0 Å². The van der Waals surface area contributed by atoms with Gasteiger partial charge in [0.05, 0.1) is 17.0 Å². The van der Waals surface area contributed by atoms with E-state index in [4.69, 9.17) is 19.7 Å². The first-order chi connectivity index (χ1) is 28.7. The second-order valence-corrected chi connectivity index (χ2v) is 14.3. The fraction of sp³-hybridized carbons (Fsp3) is 0.0189. The number of nitrogens with zero attached hydrogens (tertiary/aromatic N) is 4. The van der Waals surface area contributed by atoms with Crippen molar-refractivity contribution in [1.82, 2.24) is 15.0 Å². The molecule has 9 aromatic rings. The third kappa shape index (κ3) is 6.10. The highest BCUT2D eigenvalue weighted by Crippen LogP contribution is 2.55. The zero-order valence-electron chi connectivity index (χ0n) is 31.3. The van der Waals surface area contributed by atoms with Crippen LogP contribution < -0.4 is 4.74 Å². The molecule has 1 aliphatic heterocycles. The highest BCUT2D eigenvalue weighted by atomic mass is 16.5. The van der Waals surface area contributed by atoms with Crippen molar-refractivity contribution in [3.63, 3.8) is 0 Å². The number of para-hydroxylation sites is 1. The average molecular weight is 743 g/mol. The summed E-state index contributed by atoms with van der Waals surface area (Å²) in [5.74, 6) is 3.30. The lowest BCUT2D eigenvalue weighted by Gasteiger charge is -2.41. The van der Waals surface area contributed by atoms with Crippen molar-refractivity contribution >= 4 is 0 Å². The maximum absolute atomic E-state index is 9.48. The molecule has 0 N–H and O–H groups in total. The quantitative estimate of drug-likeness (QED) is 0.163. The Bertz CT molecular complexity index is 2940. The largest absolute Gasteiger partial charge is 0.457 e. The molecule has 5 nitrogen and oxygen atoms in total. The van der Waals surface area contributed by atoms with Gasteiger partial charge in [0, 0.05) is 27.8 Å². The van der Waals surface area contributed by atoms with E-state index in [2.05, 4.69) is 146 Å². The van der Waals surface area contributed by atoms with Crippen LogP contribution in [0.25, 0.3) is 56.4 Å². The first-order valence-electron chi connectivity index (χ1n) is 19.2. The van der Waals surface area contributed by atoms with Crippen LogP contribution in [0.1, 0.15) is 27.8 Å².